The molecule has 1 amide bonds. The van der Waals surface area contributed by atoms with E-state index in [0.717, 1.165) is 44.8 Å². The van der Waals surface area contributed by atoms with Gasteiger partial charge in [-0.05, 0) is 45.1 Å². The summed E-state index contributed by atoms with van der Waals surface area (Å²) in [6, 6.07) is 10.4. The highest BCUT2D eigenvalue weighted by Crippen LogP contribution is 2.41. The maximum Gasteiger partial charge on any atom is 0.409 e. The van der Waals surface area contributed by atoms with Crippen LogP contribution in [0.3, 0.4) is 0 Å². The molecule has 1 aromatic carbocycles. The van der Waals surface area contributed by atoms with Gasteiger partial charge in [-0.1, -0.05) is 35.5 Å². The Labute approximate surface area is 191 Å². The number of carbonyl (C=O) groups excluding carboxylic acids is 1. The normalized spacial score (nSPS) is 14.6. The third-order valence-electron chi connectivity index (χ3n) is 5.35. The molecule has 162 valence electrons. The van der Waals surface area contributed by atoms with E-state index in [1.54, 1.807) is 16.2 Å². The average molecular weight is 455 g/mol. The molecule has 0 spiro atoms. The summed E-state index contributed by atoms with van der Waals surface area (Å²) in [6.45, 7) is 5.73. The SMILES string of the molecule is CCOC(=O)N1CCC(c2nc(-c3cccc(C)c3)c(-c3ccnc(SC)n3)s2)CC1. The largest absolute Gasteiger partial charge is 0.450 e. The number of aryl methyl sites for hydroxylation is 1. The molecule has 0 radical (unpaired) electrons. The van der Waals surface area contributed by atoms with Crippen LogP contribution in [0.2, 0.25) is 0 Å². The van der Waals surface area contributed by atoms with Crippen molar-refractivity contribution in [2.24, 2.45) is 0 Å². The molecule has 0 unspecified atom stereocenters. The van der Waals surface area contributed by atoms with Crippen molar-refractivity contribution in [1.29, 1.82) is 0 Å². The Bertz CT molecular complexity index is 1060. The van der Waals surface area contributed by atoms with Gasteiger partial charge in [0, 0.05) is 30.8 Å². The lowest BCUT2D eigenvalue weighted by atomic mass is 9.98. The minimum atomic E-state index is -0.216. The molecule has 1 saturated heterocycles. The third-order valence-corrected chi connectivity index (χ3v) is 7.16. The summed E-state index contributed by atoms with van der Waals surface area (Å²) in [7, 11) is 0. The third kappa shape index (κ3) is 4.91. The molecule has 31 heavy (non-hydrogen) atoms. The number of rotatable bonds is 5. The van der Waals surface area contributed by atoms with Crippen molar-refractivity contribution in [3.63, 3.8) is 0 Å². The smallest absolute Gasteiger partial charge is 0.409 e. The Morgan fingerprint density at radius 1 is 1.26 bits per heavy atom. The molecular weight excluding hydrogens is 428 g/mol. The summed E-state index contributed by atoms with van der Waals surface area (Å²) in [6.07, 6.45) is 5.35. The van der Waals surface area contributed by atoms with E-state index in [2.05, 4.69) is 36.2 Å². The van der Waals surface area contributed by atoms with Crippen LogP contribution in [0.4, 0.5) is 4.79 Å². The van der Waals surface area contributed by atoms with Gasteiger partial charge in [0.1, 0.15) is 0 Å². The van der Waals surface area contributed by atoms with Gasteiger partial charge >= 0.3 is 6.09 Å². The minimum Gasteiger partial charge on any atom is -0.450 e. The zero-order valence-electron chi connectivity index (χ0n) is 18.0. The molecule has 0 bridgehead atoms. The number of nitrogens with zero attached hydrogens (tertiary/aromatic N) is 4. The van der Waals surface area contributed by atoms with Crippen molar-refractivity contribution in [1.82, 2.24) is 19.9 Å². The first-order valence-corrected chi connectivity index (χ1v) is 12.5. The van der Waals surface area contributed by atoms with E-state index in [0.29, 0.717) is 25.6 Å². The number of piperidine rings is 1. The van der Waals surface area contributed by atoms with Gasteiger partial charge in [0.05, 0.1) is 27.9 Å². The highest BCUT2D eigenvalue weighted by atomic mass is 32.2. The molecular formula is C23H26N4O2S2. The summed E-state index contributed by atoms with van der Waals surface area (Å²) in [5.41, 5.74) is 4.19. The van der Waals surface area contributed by atoms with Gasteiger partial charge in [-0.2, -0.15) is 0 Å². The predicted octanol–water partition coefficient (Wildman–Crippen LogP) is 5.63. The number of ether oxygens (including phenoxy) is 1. The van der Waals surface area contributed by atoms with Crippen LogP contribution < -0.4 is 0 Å². The van der Waals surface area contributed by atoms with Gasteiger partial charge in [-0.3, -0.25) is 0 Å². The van der Waals surface area contributed by atoms with Crippen LogP contribution in [0.1, 0.15) is 36.3 Å². The van der Waals surface area contributed by atoms with E-state index in [1.165, 1.54) is 17.3 Å². The minimum absolute atomic E-state index is 0.216. The van der Waals surface area contributed by atoms with Crippen molar-refractivity contribution in [3.8, 4) is 21.8 Å². The van der Waals surface area contributed by atoms with Gasteiger partial charge in [0.15, 0.2) is 5.16 Å². The van der Waals surface area contributed by atoms with Gasteiger partial charge in [0.25, 0.3) is 0 Å². The summed E-state index contributed by atoms with van der Waals surface area (Å²) in [5.74, 6) is 0.329. The van der Waals surface area contributed by atoms with E-state index in [1.807, 2.05) is 25.4 Å². The lowest BCUT2D eigenvalue weighted by Crippen LogP contribution is -2.38. The van der Waals surface area contributed by atoms with Crippen molar-refractivity contribution in [2.75, 3.05) is 26.0 Å². The van der Waals surface area contributed by atoms with Crippen molar-refractivity contribution in [3.05, 3.63) is 47.1 Å². The van der Waals surface area contributed by atoms with Gasteiger partial charge < -0.3 is 9.64 Å². The first kappa shape index (κ1) is 21.8. The number of carbonyl (C=O) groups is 1. The molecule has 8 heteroatoms. The standard InChI is InChI=1S/C23H26N4O2S2/c1-4-29-23(28)27-12-9-16(10-13-27)21-26-19(17-7-5-6-15(2)14-17)20(31-21)18-8-11-24-22(25-18)30-3/h5-8,11,14,16H,4,9-10,12-13H2,1-3H3. The van der Waals surface area contributed by atoms with Crippen LogP contribution in [-0.4, -0.2) is 51.9 Å². The average Bonchev–Trinajstić information content (AvgIpc) is 3.25. The number of hydrogen-bond donors (Lipinski definition) is 0. The lowest BCUT2D eigenvalue weighted by molar-refractivity contribution is 0.0970. The van der Waals surface area contributed by atoms with E-state index in [-0.39, 0.29) is 6.09 Å². The van der Waals surface area contributed by atoms with Crippen LogP contribution >= 0.6 is 23.1 Å². The summed E-state index contributed by atoms with van der Waals surface area (Å²) >= 11 is 3.25. The highest BCUT2D eigenvalue weighted by Gasteiger charge is 2.28. The molecule has 0 atom stereocenters. The van der Waals surface area contributed by atoms with Gasteiger partial charge in [-0.15, -0.1) is 11.3 Å². The van der Waals surface area contributed by atoms with E-state index in [4.69, 9.17) is 14.7 Å². The topological polar surface area (TPSA) is 68.2 Å². The number of amides is 1. The molecule has 1 fully saturated rings. The second-order valence-electron chi connectivity index (χ2n) is 7.49. The van der Waals surface area contributed by atoms with E-state index in [9.17, 15) is 4.79 Å². The zero-order chi connectivity index (χ0) is 21.8. The first-order valence-electron chi connectivity index (χ1n) is 10.5. The van der Waals surface area contributed by atoms with Crippen molar-refractivity contribution in [2.45, 2.75) is 37.8 Å². The Balaban J connectivity index is 1.66. The van der Waals surface area contributed by atoms with Crippen LogP contribution in [-0.2, 0) is 4.74 Å². The molecule has 4 rings (SSSR count). The van der Waals surface area contributed by atoms with Crippen LogP contribution in [0, 0.1) is 6.92 Å². The molecule has 0 N–H and O–H groups in total. The fraction of sp³-hybridized carbons (Fsp3) is 0.391. The van der Waals surface area contributed by atoms with Crippen LogP contribution in [0.25, 0.3) is 21.8 Å². The lowest BCUT2D eigenvalue weighted by Gasteiger charge is -2.30. The molecule has 6 nitrogen and oxygen atoms in total. The van der Waals surface area contributed by atoms with E-state index < -0.39 is 0 Å². The molecule has 3 aromatic rings. The molecule has 1 aliphatic heterocycles. The fourth-order valence-electron chi connectivity index (χ4n) is 3.76. The number of thiazole rings is 1. The fourth-order valence-corrected chi connectivity index (χ4v) is 5.35. The number of thioether (sulfide) groups is 1. The Hall–Kier alpha value is -2.45. The Morgan fingerprint density at radius 2 is 2.06 bits per heavy atom. The number of benzene rings is 1. The molecule has 2 aromatic heterocycles. The van der Waals surface area contributed by atoms with Gasteiger partial charge in [0.2, 0.25) is 0 Å². The molecule has 0 saturated carbocycles. The zero-order valence-corrected chi connectivity index (χ0v) is 19.6. The summed E-state index contributed by atoms with van der Waals surface area (Å²) in [5, 5.41) is 1.87. The summed E-state index contributed by atoms with van der Waals surface area (Å²) in [4.78, 5) is 29.1. The van der Waals surface area contributed by atoms with Crippen LogP contribution in [0.15, 0.2) is 41.7 Å². The maximum atomic E-state index is 12.0. The monoisotopic (exact) mass is 454 g/mol. The second-order valence-corrected chi connectivity index (χ2v) is 9.29. The molecule has 0 aliphatic carbocycles. The first-order chi connectivity index (χ1) is 15.1. The number of likely N-dealkylation sites (tertiary alicyclic amines) is 1. The number of hydrogen-bond acceptors (Lipinski definition) is 7. The Morgan fingerprint density at radius 3 is 2.77 bits per heavy atom. The van der Waals surface area contributed by atoms with Crippen molar-refractivity contribution < 1.29 is 9.53 Å². The molecule has 3 heterocycles. The highest BCUT2D eigenvalue weighted by molar-refractivity contribution is 7.98. The quantitative estimate of drug-likeness (QED) is 0.367. The van der Waals surface area contributed by atoms with E-state index >= 15 is 0 Å². The molecule has 1 aliphatic rings. The van der Waals surface area contributed by atoms with Crippen LogP contribution in [0.5, 0.6) is 0 Å². The van der Waals surface area contributed by atoms with Gasteiger partial charge in [-0.25, -0.2) is 19.7 Å². The number of aromatic nitrogens is 3. The maximum absolute atomic E-state index is 12.0. The van der Waals surface area contributed by atoms with Crippen molar-refractivity contribution >= 4 is 29.2 Å². The Kier molecular flexibility index (Phi) is 6.87. The second kappa shape index (κ2) is 9.78. The predicted molar refractivity (Wildman–Crippen MR) is 126 cm³/mol. The summed E-state index contributed by atoms with van der Waals surface area (Å²) < 4.78 is 5.15.